The van der Waals surface area contributed by atoms with Gasteiger partial charge in [-0.15, -0.1) is 0 Å². The van der Waals surface area contributed by atoms with Gasteiger partial charge in [-0.25, -0.2) is 0 Å². The van der Waals surface area contributed by atoms with Crippen molar-refractivity contribution < 1.29 is 9.53 Å². The predicted molar refractivity (Wildman–Crippen MR) is 96.6 cm³/mol. The van der Waals surface area contributed by atoms with Crippen LogP contribution in [0.5, 0.6) is 5.75 Å². The zero-order valence-electron chi connectivity index (χ0n) is 15.0. The van der Waals surface area contributed by atoms with E-state index in [1.807, 2.05) is 60.2 Å². The highest BCUT2D eigenvalue weighted by atomic mass is 16.5. The van der Waals surface area contributed by atoms with E-state index in [0.717, 1.165) is 39.1 Å². The molecular weight excluding hydrogens is 316 g/mol. The molecule has 1 amide bonds. The van der Waals surface area contributed by atoms with Crippen LogP contribution in [-0.4, -0.2) is 58.3 Å². The second kappa shape index (κ2) is 8.16. The molecule has 1 aliphatic rings. The molecule has 1 fully saturated rings. The number of ether oxygens (including phenoxy) is 1. The standard InChI is InChI=1S/C19H26N4O2/c1-3-25-18-8-5-4-7-17(18)19(24)23-10-6-9-22(11-12-23)15-16-13-20-21(2)14-16/h4-5,7-8,13-14H,3,6,9-12,15H2,1-2H3. The van der Waals surface area contributed by atoms with E-state index in [2.05, 4.69) is 10.00 Å². The molecule has 0 bridgehead atoms. The lowest BCUT2D eigenvalue weighted by molar-refractivity contribution is 0.0757. The Hall–Kier alpha value is -2.34. The van der Waals surface area contributed by atoms with Gasteiger partial charge in [-0.1, -0.05) is 12.1 Å². The predicted octanol–water partition coefficient (Wildman–Crippen LogP) is 2.17. The fourth-order valence-electron chi connectivity index (χ4n) is 3.24. The molecule has 6 heteroatoms. The Morgan fingerprint density at radius 2 is 2.04 bits per heavy atom. The van der Waals surface area contributed by atoms with Gasteiger partial charge < -0.3 is 9.64 Å². The highest BCUT2D eigenvalue weighted by Crippen LogP contribution is 2.21. The summed E-state index contributed by atoms with van der Waals surface area (Å²) in [6.07, 6.45) is 4.93. The van der Waals surface area contributed by atoms with Gasteiger partial charge in [0.2, 0.25) is 0 Å². The van der Waals surface area contributed by atoms with E-state index in [1.165, 1.54) is 5.56 Å². The molecule has 1 aromatic heterocycles. The van der Waals surface area contributed by atoms with Crippen molar-refractivity contribution in [3.8, 4) is 5.75 Å². The van der Waals surface area contributed by atoms with Crippen LogP contribution in [0.15, 0.2) is 36.7 Å². The summed E-state index contributed by atoms with van der Waals surface area (Å²) < 4.78 is 7.44. The van der Waals surface area contributed by atoms with Gasteiger partial charge in [0.05, 0.1) is 18.4 Å². The van der Waals surface area contributed by atoms with Gasteiger partial charge in [-0.2, -0.15) is 5.10 Å². The second-order valence-electron chi connectivity index (χ2n) is 6.37. The molecule has 1 aliphatic heterocycles. The van der Waals surface area contributed by atoms with Crippen molar-refractivity contribution in [2.45, 2.75) is 19.9 Å². The van der Waals surface area contributed by atoms with E-state index in [4.69, 9.17) is 4.74 Å². The minimum atomic E-state index is 0.0623. The second-order valence-corrected chi connectivity index (χ2v) is 6.37. The lowest BCUT2D eigenvalue weighted by Gasteiger charge is -2.22. The molecule has 3 rings (SSSR count). The number of hydrogen-bond donors (Lipinski definition) is 0. The van der Waals surface area contributed by atoms with Crippen LogP contribution in [0.2, 0.25) is 0 Å². The van der Waals surface area contributed by atoms with Crippen LogP contribution in [0.4, 0.5) is 0 Å². The summed E-state index contributed by atoms with van der Waals surface area (Å²) in [4.78, 5) is 17.3. The smallest absolute Gasteiger partial charge is 0.257 e. The highest BCUT2D eigenvalue weighted by Gasteiger charge is 2.22. The summed E-state index contributed by atoms with van der Waals surface area (Å²) in [6.45, 7) is 6.75. The third-order valence-electron chi connectivity index (χ3n) is 4.46. The van der Waals surface area contributed by atoms with Crippen molar-refractivity contribution in [3.05, 3.63) is 47.8 Å². The Labute approximate surface area is 149 Å². The summed E-state index contributed by atoms with van der Waals surface area (Å²) in [7, 11) is 1.93. The monoisotopic (exact) mass is 342 g/mol. The van der Waals surface area contributed by atoms with E-state index in [9.17, 15) is 4.79 Å². The maximum absolute atomic E-state index is 12.9. The first-order chi connectivity index (χ1) is 12.2. The number of carbonyl (C=O) groups is 1. The number of hydrogen-bond acceptors (Lipinski definition) is 4. The number of amides is 1. The Kier molecular flexibility index (Phi) is 5.71. The van der Waals surface area contributed by atoms with Gasteiger partial charge in [-0.05, 0) is 25.5 Å². The fraction of sp³-hybridized carbons (Fsp3) is 0.474. The van der Waals surface area contributed by atoms with E-state index >= 15 is 0 Å². The van der Waals surface area contributed by atoms with Gasteiger partial charge in [0.15, 0.2) is 0 Å². The lowest BCUT2D eigenvalue weighted by Crippen LogP contribution is -2.35. The number of para-hydroxylation sites is 1. The molecule has 134 valence electrons. The molecule has 0 N–H and O–H groups in total. The molecule has 0 atom stereocenters. The third-order valence-corrected chi connectivity index (χ3v) is 4.46. The zero-order chi connectivity index (χ0) is 17.6. The molecule has 0 unspecified atom stereocenters. The van der Waals surface area contributed by atoms with Gasteiger partial charge in [0, 0.05) is 51.5 Å². The molecule has 0 spiro atoms. The quantitative estimate of drug-likeness (QED) is 0.836. The van der Waals surface area contributed by atoms with Gasteiger partial charge in [0.1, 0.15) is 5.75 Å². The minimum absolute atomic E-state index is 0.0623. The van der Waals surface area contributed by atoms with Crippen LogP contribution < -0.4 is 4.74 Å². The number of aromatic nitrogens is 2. The molecule has 0 radical (unpaired) electrons. The number of nitrogens with zero attached hydrogens (tertiary/aromatic N) is 4. The average molecular weight is 342 g/mol. The van der Waals surface area contributed by atoms with Gasteiger partial charge >= 0.3 is 0 Å². The first kappa shape index (κ1) is 17.5. The molecular formula is C19H26N4O2. The van der Waals surface area contributed by atoms with Crippen LogP contribution in [0.25, 0.3) is 0 Å². The summed E-state index contributed by atoms with van der Waals surface area (Å²) in [5.74, 6) is 0.735. The Morgan fingerprint density at radius 1 is 1.20 bits per heavy atom. The van der Waals surface area contributed by atoms with Crippen LogP contribution >= 0.6 is 0 Å². The SMILES string of the molecule is CCOc1ccccc1C(=O)N1CCCN(Cc2cnn(C)c2)CC1. The summed E-state index contributed by atoms with van der Waals surface area (Å²) in [5, 5.41) is 4.23. The van der Waals surface area contributed by atoms with E-state index in [-0.39, 0.29) is 5.91 Å². The van der Waals surface area contributed by atoms with E-state index in [1.54, 1.807) is 0 Å². The van der Waals surface area contributed by atoms with Crippen LogP contribution in [0, 0.1) is 0 Å². The Bertz CT molecular complexity index is 713. The minimum Gasteiger partial charge on any atom is -0.493 e. The Morgan fingerprint density at radius 3 is 2.80 bits per heavy atom. The van der Waals surface area contributed by atoms with Gasteiger partial charge in [0.25, 0.3) is 5.91 Å². The molecule has 0 aliphatic carbocycles. The molecule has 1 saturated heterocycles. The maximum Gasteiger partial charge on any atom is 0.257 e. The largest absolute Gasteiger partial charge is 0.493 e. The molecule has 2 heterocycles. The summed E-state index contributed by atoms with van der Waals surface area (Å²) in [5.41, 5.74) is 1.87. The first-order valence-corrected chi connectivity index (χ1v) is 8.88. The molecule has 25 heavy (non-hydrogen) atoms. The molecule has 2 aromatic rings. The fourth-order valence-corrected chi connectivity index (χ4v) is 3.24. The maximum atomic E-state index is 12.9. The zero-order valence-corrected chi connectivity index (χ0v) is 15.0. The average Bonchev–Trinajstić information content (AvgIpc) is 2.88. The van der Waals surface area contributed by atoms with Crippen molar-refractivity contribution in [1.82, 2.24) is 19.6 Å². The topological polar surface area (TPSA) is 50.6 Å². The summed E-state index contributed by atoms with van der Waals surface area (Å²) >= 11 is 0. The number of carbonyl (C=O) groups excluding carboxylic acids is 1. The number of benzene rings is 1. The van der Waals surface area contributed by atoms with E-state index < -0.39 is 0 Å². The molecule has 1 aromatic carbocycles. The van der Waals surface area contributed by atoms with Crippen molar-refractivity contribution in [2.75, 3.05) is 32.8 Å². The Balaban J connectivity index is 1.63. The number of aryl methyl sites for hydroxylation is 1. The summed E-state index contributed by atoms with van der Waals surface area (Å²) in [6, 6.07) is 7.51. The van der Waals surface area contributed by atoms with Crippen molar-refractivity contribution in [2.24, 2.45) is 7.05 Å². The molecule has 0 saturated carbocycles. The molecule has 6 nitrogen and oxygen atoms in total. The lowest BCUT2D eigenvalue weighted by atomic mass is 10.1. The van der Waals surface area contributed by atoms with Crippen molar-refractivity contribution in [1.29, 1.82) is 0 Å². The van der Waals surface area contributed by atoms with Crippen LogP contribution in [0.1, 0.15) is 29.3 Å². The van der Waals surface area contributed by atoms with E-state index in [0.29, 0.717) is 17.9 Å². The van der Waals surface area contributed by atoms with Gasteiger partial charge in [-0.3, -0.25) is 14.4 Å². The van der Waals surface area contributed by atoms with Crippen LogP contribution in [0.3, 0.4) is 0 Å². The normalized spacial score (nSPS) is 15.8. The van der Waals surface area contributed by atoms with Crippen molar-refractivity contribution >= 4 is 5.91 Å². The third kappa shape index (κ3) is 4.39. The highest BCUT2D eigenvalue weighted by molar-refractivity contribution is 5.97. The van der Waals surface area contributed by atoms with Crippen LogP contribution in [-0.2, 0) is 13.6 Å². The van der Waals surface area contributed by atoms with Crippen molar-refractivity contribution in [3.63, 3.8) is 0 Å². The first-order valence-electron chi connectivity index (χ1n) is 8.88. The number of rotatable bonds is 5.